The monoisotopic (exact) mass is 223 g/mol. The normalized spacial score (nSPS) is 18.8. The summed E-state index contributed by atoms with van der Waals surface area (Å²) < 4.78 is 0. The molecule has 0 aromatic rings. The number of amides is 1. The third-order valence-corrected chi connectivity index (χ3v) is 3.31. The Morgan fingerprint density at radius 1 is 1.44 bits per heavy atom. The molecule has 0 heterocycles. The van der Waals surface area contributed by atoms with Crippen LogP contribution in [0.25, 0.3) is 0 Å². The largest absolute Gasteiger partial charge is 0.342 e. The van der Waals surface area contributed by atoms with Crippen LogP contribution in [0.2, 0.25) is 0 Å². The van der Waals surface area contributed by atoms with Crippen LogP contribution in [-0.4, -0.2) is 25.0 Å². The van der Waals surface area contributed by atoms with Gasteiger partial charge in [0.05, 0.1) is 12.6 Å². The molecule has 0 bridgehead atoms. The summed E-state index contributed by atoms with van der Waals surface area (Å²) in [6.07, 6.45) is 6.53. The third kappa shape index (κ3) is 4.63. The number of nitrogens with one attached hydrogen (secondary N) is 2. The Morgan fingerprint density at radius 2 is 2.12 bits per heavy atom. The topological polar surface area (TPSA) is 64.9 Å². The van der Waals surface area contributed by atoms with E-state index >= 15 is 0 Å². The fourth-order valence-electron chi connectivity index (χ4n) is 2.26. The molecule has 90 valence electrons. The van der Waals surface area contributed by atoms with Gasteiger partial charge in [-0.05, 0) is 25.7 Å². The van der Waals surface area contributed by atoms with Crippen LogP contribution in [0.1, 0.15) is 39.0 Å². The molecule has 0 spiro atoms. The summed E-state index contributed by atoms with van der Waals surface area (Å²) in [6.45, 7) is 2.56. The lowest BCUT2D eigenvalue weighted by molar-refractivity contribution is -0.120. The van der Waals surface area contributed by atoms with Gasteiger partial charge in [-0.15, -0.1) is 0 Å². The number of carbonyl (C=O) groups excluding carboxylic acids is 1. The van der Waals surface area contributed by atoms with Gasteiger partial charge in [0.2, 0.25) is 5.91 Å². The van der Waals surface area contributed by atoms with Gasteiger partial charge in [0.15, 0.2) is 0 Å². The van der Waals surface area contributed by atoms with Crippen molar-refractivity contribution in [3.8, 4) is 6.07 Å². The van der Waals surface area contributed by atoms with E-state index in [1.807, 2.05) is 6.07 Å². The van der Waals surface area contributed by atoms with Crippen LogP contribution in [0.5, 0.6) is 0 Å². The van der Waals surface area contributed by atoms with E-state index < -0.39 is 0 Å². The molecular formula is C12H21N3O. The molecule has 0 saturated heterocycles. The Kier molecular flexibility index (Phi) is 5.87. The molecule has 1 fully saturated rings. The molecule has 1 rings (SSSR count). The second-order valence-corrected chi connectivity index (χ2v) is 4.50. The molecule has 0 radical (unpaired) electrons. The minimum absolute atomic E-state index is 0.0933. The average molecular weight is 223 g/mol. The summed E-state index contributed by atoms with van der Waals surface area (Å²) >= 11 is 0. The van der Waals surface area contributed by atoms with Crippen molar-refractivity contribution >= 4 is 5.91 Å². The van der Waals surface area contributed by atoms with E-state index in [4.69, 9.17) is 5.26 Å². The highest BCUT2D eigenvalue weighted by atomic mass is 16.1. The maximum atomic E-state index is 11.3. The lowest BCUT2D eigenvalue weighted by Crippen LogP contribution is -2.41. The Bertz CT molecular complexity index is 253. The zero-order chi connectivity index (χ0) is 11.8. The molecule has 1 amide bonds. The quantitative estimate of drug-likeness (QED) is 0.688. The van der Waals surface area contributed by atoms with E-state index in [-0.39, 0.29) is 12.5 Å². The van der Waals surface area contributed by atoms with Crippen LogP contribution in [-0.2, 0) is 4.79 Å². The van der Waals surface area contributed by atoms with E-state index in [0.29, 0.717) is 18.5 Å². The van der Waals surface area contributed by atoms with E-state index in [9.17, 15) is 4.79 Å². The summed E-state index contributed by atoms with van der Waals surface area (Å²) in [5.41, 5.74) is 0. The average Bonchev–Trinajstić information content (AvgIpc) is 2.34. The first-order chi connectivity index (χ1) is 7.74. The number of hydrogen-bond donors (Lipinski definition) is 2. The lowest BCUT2D eigenvalue weighted by Gasteiger charge is -2.28. The van der Waals surface area contributed by atoms with Gasteiger partial charge in [0.1, 0.15) is 6.54 Å². The van der Waals surface area contributed by atoms with Crippen molar-refractivity contribution in [1.29, 1.82) is 5.26 Å². The van der Waals surface area contributed by atoms with Gasteiger partial charge >= 0.3 is 0 Å². The Balaban J connectivity index is 2.16. The van der Waals surface area contributed by atoms with Crippen LogP contribution in [0.15, 0.2) is 0 Å². The first-order valence-electron chi connectivity index (χ1n) is 6.11. The van der Waals surface area contributed by atoms with Gasteiger partial charge in [0.25, 0.3) is 0 Å². The molecule has 1 saturated carbocycles. The molecular weight excluding hydrogens is 202 g/mol. The molecule has 1 atom stereocenters. The van der Waals surface area contributed by atoms with Crippen molar-refractivity contribution in [2.45, 2.75) is 45.1 Å². The first kappa shape index (κ1) is 13.0. The number of rotatable bonds is 5. The zero-order valence-corrected chi connectivity index (χ0v) is 9.96. The van der Waals surface area contributed by atoms with Crippen LogP contribution < -0.4 is 10.6 Å². The number of hydrogen-bond acceptors (Lipinski definition) is 3. The third-order valence-electron chi connectivity index (χ3n) is 3.31. The second kappa shape index (κ2) is 7.24. The van der Waals surface area contributed by atoms with Crippen molar-refractivity contribution in [3.05, 3.63) is 0 Å². The van der Waals surface area contributed by atoms with Gasteiger partial charge < -0.3 is 10.6 Å². The van der Waals surface area contributed by atoms with Gasteiger partial charge in [-0.25, -0.2) is 0 Å². The summed E-state index contributed by atoms with van der Waals surface area (Å²) in [4.78, 5) is 11.3. The maximum absolute atomic E-state index is 11.3. The molecule has 4 nitrogen and oxygen atoms in total. The highest BCUT2D eigenvalue weighted by Crippen LogP contribution is 2.26. The number of nitrogens with zero attached hydrogens (tertiary/aromatic N) is 1. The molecule has 2 N–H and O–H groups in total. The summed E-state index contributed by atoms with van der Waals surface area (Å²) in [7, 11) is 0. The zero-order valence-electron chi connectivity index (χ0n) is 9.96. The fourth-order valence-corrected chi connectivity index (χ4v) is 2.26. The maximum Gasteiger partial charge on any atom is 0.234 e. The summed E-state index contributed by atoms with van der Waals surface area (Å²) in [6, 6.07) is 2.29. The highest BCUT2D eigenvalue weighted by molar-refractivity contribution is 5.78. The predicted octanol–water partition coefficient (Wildman–Crippen LogP) is 1.18. The Hall–Kier alpha value is -1.08. The van der Waals surface area contributed by atoms with Crippen LogP contribution >= 0.6 is 0 Å². The minimum atomic E-state index is -0.0933. The SMILES string of the molecule is C[C@@H](NCC(=O)NCC#N)C1CCCCC1. The van der Waals surface area contributed by atoms with E-state index in [1.54, 1.807) is 0 Å². The number of carbonyl (C=O) groups is 1. The molecule has 0 unspecified atom stereocenters. The Labute approximate surface area is 97.4 Å². The van der Waals surface area contributed by atoms with Crippen molar-refractivity contribution in [3.63, 3.8) is 0 Å². The second-order valence-electron chi connectivity index (χ2n) is 4.50. The lowest BCUT2D eigenvalue weighted by atomic mass is 9.84. The minimum Gasteiger partial charge on any atom is -0.342 e. The number of nitriles is 1. The molecule has 1 aliphatic carbocycles. The van der Waals surface area contributed by atoms with Crippen molar-refractivity contribution in [2.75, 3.05) is 13.1 Å². The van der Waals surface area contributed by atoms with E-state index in [0.717, 1.165) is 0 Å². The summed E-state index contributed by atoms with van der Waals surface area (Å²) in [5.74, 6) is 0.613. The molecule has 0 aliphatic heterocycles. The van der Waals surface area contributed by atoms with Crippen molar-refractivity contribution < 1.29 is 4.79 Å². The smallest absolute Gasteiger partial charge is 0.234 e. The molecule has 0 aromatic heterocycles. The van der Waals surface area contributed by atoms with Crippen molar-refractivity contribution in [1.82, 2.24) is 10.6 Å². The van der Waals surface area contributed by atoms with Gasteiger partial charge in [-0.3, -0.25) is 4.79 Å². The van der Waals surface area contributed by atoms with E-state index in [1.165, 1.54) is 32.1 Å². The fraction of sp³-hybridized carbons (Fsp3) is 0.833. The predicted molar refractivity (Wildman–Crippen MR) is 62.7 cm³/mol. The molecule has 4 heteroatoms. The van der Waals surface area contributed by atoms with Crippen LogP contribution in [0.3, 0.4) is 0 Å². The Morgan fingerprint density at radius 3 is 2.75 bits per heavy atom. The standard InChI is InChI=1S/C12H21N3O/c1-10(11-5-3-2-4-6-11)15-9-12(16)14-8-7-13/h10-11,15H,2-6,8-9H2,1H3,(H,14,16)/t10-/m1/s1. The van der Waals surface area contributed by atoms with Gasteiger partial charge in [-0.2, -0.15) is 5.26 Å². The molecule has 0 aromatic carbocycles. The van der Waals surface area contributed by atoms with Gasteiger partial charge in [-0.1, -0.05) is 19.3 Å². The van der Waals surface area contributed by atoms with Gasteiger partial charge in [0, 0.05) is 6.04 Å². The summed E-state index contributed by atoms with van der Waals surface area (Å²) in [5, 5.41) is 14.1. The van der Waals surface area contributed by atoms with Crippen LogP contribution in [0.4, 0.5) is 0 Å². The first-order valence-corrected chi connectivity index (χ1v) is 6.11. The molecule has 16 heavy (non-hydrogen) atoms. The molecule has 1 aliphatic rings. The van der Waals surface area contributed by atoms with E-state index in [2.05, 4.69) is 17.6 Å². The van der Waals surface area contributed by atoms with Crippen molar-refractivity contribution in [2.24, 2.45) is 5.92 Å². The highest BCUT2D eigenvalue weighted by Gasteiger charge is 2.19. The van der Waals surface area contributed by atoms with Crippen LogP contribution in [0, 0.1) is 17.2 Å².